The molecule has 3 nitrogen and oxygen atoms in total. The summed E-state index contributed by atoms with van der Waals surface area (Å²) >= 11 is 0. The molecule has 3 rings (SSSR count). The Bertz CT molecular complexity index is 462. The second-order valence-corrected chi connectivity index (χ2v) is 6.67. The predicted molar refractivity (Wildman–Crippen MR) is 54.1 cm³/mol. The molecule has 1 fully saturated rings. The van der Waals surface area contributed by atoms with Gasteiger partial charge in [-0.05, 0) is 30.3 Å². The molecule has 0 aromatic heterocycles. The lowest BCUT2D eigenvalue weighted by atomic mass is 9.50. The van der Waals surface area contributed by atoms with Gasteiger partial charge >= 0.3 is 15.6 Å². The molecular weight excluding hydrogens is 257 g/mol. The molecule has 0 heterocycles. The molecule has 0 radical (unpaired) electrons. The largest absolute Gasteiger partial charge is 0.534 e. The van der Waals surface area contributed by atoms with Gasteiger partial charge in [-0.15, -0.1) is 0 Å². The summed E-state index contributed by atoms with van der Waals surface area (Å²) < 4.78 is 62.6. The van der Waals surface area contributed by atoms with E-state index in [1.807, 2.05) is 13.8 Å². The smallest absolute Gasteiger partial charge is 0.381 e. The highest BCUT2D eigenvalue weighted by Crippen LogP contribution is 2.59. The normalized spacial score (nSPS) is 31.5. The van der Waals surface area contributed by atoms with Crippen LogP contribution in [0, 0.1) is 17.3 Å². The van der Waals surface area contributed by atoms with Crippen molar-refractivity contribution in [2.75, 3.05) is 0 Å². The minimum Gasteiger partial charge on any atom is -0.381 e. The first kappa shape index (κ1) is 12.7. The summed E-state index contributed by atoms with van der Waals surface area (Å²) in [6.07, 6.45) is 2.74. The first-order valence-electron chi connectivity index (χ1n) is 5.26. The van der Waals surface area contributed by atoms with Crippen LogP contribution in [0.2, 0.25) is 0 Å². The van der Waals surface area contributed by atoms with Gasteiger partial charge < -0.3 is 4.18 Å². The summed E-state index contributed by atoms with van der Waals surface area (Å²) in [4.78, 5) is 0. The average molecular weight is 270 g/mol. The van der Waals surface area contributed by atoms with Gasteiger partial charge in [0.1, 0.15) is 5.76 Å². The van der Waals surface area contributed by atoms with E-state index in [0.717, 1.165) is 0 Å². The van der Waals surface area contributed by atoms with Crippen LogP contribution in [0.4, 0.5) is 13.2 Å². The Morgan fingerprint density at radius 2 is 2.00 bits per heavy atom. The van der Waals surface area contributed by atoms with Crippen molar-refractivity contribution in [3.05, 3.63) is 11.8 Å². The molecule has 98 valence electrons. The van der Waals surface area contributed by atoms with E-state index < -0.39 is 15.6 Å². The number of halogens is 3. The summed E-state index contributed by atoms with van der Waals surface area (Å²) in [5, 5.41) is 0. The summed E-state index contributed by atoms with van der Waals surface area (Å²) in [6, 6.07) is 0. The lowest BCUT2D eigenvalue weighted by molar-refractivity contribution is -0.0611. The summed E-state index contributed by atoms with van der Waals surface area (Å²) in [6.45, 7) is 3.84. The van der Waals surface area contributed by atoms with Gasteiger partial charge in [0.25, 0.3) is 0 Å². The molecule has 0 aromatic carbocycles. The van der Waals surface area contributed by atoms with Crippen LogP contribution in [-0.2, 0) is 14.3 Å². The van der Waals surface area contributed by atoms with E-state index in [1.165, 1.54) is 6.08 Å². The first-order valence-corrected chi connectivity index (χ1v) is 6.67. The van der Waals surface area contributed by atoms with Crippen molar-refractivity contribution < 1.29 is 25.8 Å². The van der Waals surface area contributed by atoms with Crippen LogP contribution < -0.4 is 0 Å². The molecule has 17 heavy (non-hydrogen) atoms. The van der Waals surface area contributed by atoms with Crippen molar-refractivity contribution in [3.63, 3.8) is 0 Å². The van der Waals surface area contributed by atoms with Crippen LogP contribution in [-0.4, -0.2) is 13.9 Å². The van der Waals surface area contributed by atoms with E-state index in [2.05, 4.69) is 4.18 Å². The van der Waals surface area contributed by atoms with Gasteiger partial charge in [0.2, 0.25) is 0 Å². The Balaban J connectivity index is 2.20. The van der Waals surface area contributed by atoms with Gasteiger partial charge in [0.05, 0.1) is 0 Å². The molecule has 7 heteroatoms. The lowest BCUT2D eigenvalue weighted by Crippen LogP contribution is -2.49. The molecule has 0 aliphatic heterocycles. The highest BCUT2D eigenvalue weighted by Gasteiger charge is 2.56. The molecule has 2 bridgehead atoms. The predicted octanol–water partition coefficient (Wildman–Crippen LogP) is 2.80. The van der Waals surface area contributed by atoms with Crippen molar-refractivity contribution in [1.29, 1.82) is 0 Å². The van der Waals surface area contributed by atoms with E-state index in [1.54, 1.807) is 0 Å². The zero-order valence-electron chi connectivity index (χ0n) is 9.41. The Morgan fingerprint density at radius 1 is 1.41 bits per heavy atom. The molecule has 0 spiro atoms. The Kier molecular flexibility index (Phi) is 2.54. The summed E-state index contributed by atoms with van der Waals surface area (Å²) in [7, 11) is -5.52. The van der Waals surface area contributed by atoms with Crippen molar-refractivity contribution in [3.8, 4) is 0 Å². The fourth-order valence-electron chi connectivity index (χ4n) is 2.57. The van der Waals surface area contributed by atoms with E-state index in [4.69, 9.17) is 0 Å². The van der Waals surface area contributed by atoms with Crippen LogP contribution in [0.15, 0.2) is 11.8 Å². The topological polar surface area (TPSA) is 43.4 Å². The highest BCUT2D eigenvalue weighted by molar-refractivity contribution is 7.87. The Hall–Kier alpha value is -0.720. The standard InChI is InChI=1S/C10H13F3O3S/c1-9(2)6-3-4-8(7(9)5-6)16-17(14,15)10(11,12)13/h4,6-7H,3,5H2,1-2H3/t6-,7+/m0/s1. The second-order valence-electron chi connectivity index (χ2n) is 5.13. The van der Waals surface area contributed by atoms with Crippen LogP contribution in [0.25, 0.3) is 0 Å². The molecule has 0 saturated heterocycles. The maximum absolute atomic E-state index is 12.2. The quantitative estimate of drug-likeness (QED) is 0.572. The fourth-order valence-corrected chi connectivity index (χ4v) is 3.10. The van der Waals surface area contributed by atoms with Gasteiger partial charge in [-0.1, -0.05) is 13.8 Å². The molecule has 3 aliphatic carbocycles. The number of fused-ring (bicyclic) bond motifs is 1. The molecule has 3 aliphatic rings. The number of alkyl halides is 3. The molecule has 0 aromatic rings. The van der Waals surface area contributed by atoms with Crippen molar-refractivity contribution in [2.45, 2.75) is 32.2 Å². The third-order valence-corrected chi connectivity index (χ3v) is 4.89. The van der Waals surface area contributed by atoms with E-state index in [9.17, 15) is 21.6 Å². The molecule has 2 atom stereocenters. The minimum absolute atomic E-state index is 0.0465. The van der Waals surface area contributed by atoms with Crippen LogP contribution in [0.5, 0.6) is 0 Å². The fraction of sp³-hybridized carbons (Fsp3) is 0.800. The van der Waals surface area contributed by atoms with E-state index in [0.29, 0.717) is 18.8 Å². The Morgan fingerprint density at radius 3 is 2.41 bits per heavy atom. The molecular formula is C10H13F3O3S. The van der Waals surface area contributed by atoms with Crippen LogP contribution >= 0.6 is 0 Å². The maximum Gasteiger partial charge on any atom is 0.534 e. The monoisotopic (exact) mass is 270 g/mol. The lowest BCUT2D eigenvalue weighted by Gasteiger charge is -2.55. The molecule has 0 amide bonds. The zero-order chi connectivity index (χ0) is 13.1. The van der Waals surface area contributed by atoms with Crippen LogP contribution in [0.3, 0.4) is 0 Å². The molecule has 1 saturated carbocycles. The van der Waals surface area contributed by atoms with Crippen molar-refractivity contribution >= 4 is 10.1 Å². The highest BCUT2D eigenvalue weighted by atomic mass is 32.2. The van der Waals surface area contributed by atoms with Gasteiger partial charge in [-0.2, -0.15) is 21.6 Å². The zero-order valence-corrected chi connectivity index (χ0v) is 10.2. The van der Waals surface area contributed by atoms with Gasteiger partial charge in [0.15, 0.2) is 0 Å². The summed E-state index contributed by atoms with van der Waals surface area (Å²) in [5.41, 5.74) is -5.54. The van der Waals surface area contributed by atoms with Crippen molar-refractivity contribution in [1.82, 2.24) is 0 Å². The first-order chi connectivity index (χ1) is 7.56. The van der Waals surface area contributed by atoms with E-state index in [-0.39, 0.29) is 17.1 Å². The van der Waals surface area contributed by atoms with Gasteiger partial charge in [-0.25, -0.2) is 0 Å². The summed E-state index contributed by atoms with van der Waals surface area (Å²) in [5.74, 6) is 0.140. The number of hydrogen-bond donors (Lipinski definition) is 0. The SMILES string of the molecule is CC1(C)[C@H]2CC=C(OS(=O)(=O)C(F)(F)F)[C@H]1C2. The maximum atomic E-state index is 12.2. The Labute approximate surface area is 97.8 Å². The molecule has 0 unspecified atom stereocenters. The molecule has 0 N–H and O–H groups in total. The van der Waals surface area contributed by atoms with Gasteiger partial charge in [0, 0.05) is 5.92 Å². The second kappa shape index (κ2) is 3.40. The van der Waals surface area contributed by atoms with Crippen LogP contribution in [0.1, 0.15) is 26.7 Å². The minimum atomic E-state index is -5.52. The van der Waals surface area contributed by atoms with E-state index >= 15 is 0 Å². The number of hydrogen-bond acceptors (Lipinski definition) is 3. The number of rotatable bonds is 2. The number of allylic oxidation sites excluding steroid dienone is 2. The average Bonchev–Trinajstić information content (AvgIpc) is 2.15. The van der Waals surface area contributed by atoms with Crippen molar-refractivity contribution in [2.24, 2.45) is 17.3 Å². The third kappa shape index (κ3) is 1.84. The van der Waals surface area contributed by atoms with Gasteiger partial charge in [-0.3, -0.25) is 0 Å². The third-order valence-electron chi connectivity index (χ3n) is 3.91.